The van der Waals surface area contributed by atoms with Gasteiger partial charge in [0.05, 0.1) is 18.8 Å². The number of aryl methyl sites for hydroxylation is 2. The van der Waals surface area contributed by atoms with E-state index in [1.54, 1.807) is 29.0 Å². The summed E-state index contributed by atoms with van der Waals surface area (Å²) >= 11 is 0. The minimum Gasteiger partial charge on any atom is -0.372 e. The maximum absolute atomic E-state index is 12.6. The third-order valence-corrected chi connectivity index (χ3v) is 4.08. The summed E-state index contributed by atoms with van der Waals surface area (Å²) in [7, 11) is 1.79. The van der Waals surface area contributed by atoms with Crippen LogP contribution in [0.5, 0.6) is 0 Å². The Hall–Kier alpha value is -2.48. The zero-order valence-electron chi connectivity index (χ0n) is 14.2. The minimum atomic E-state index is -0.278. The van der Waals surface area contributed by atoms with Gasteiger partial charge in [-0.1, -0.05) is 0 Å². The van der Waals surface area contributed by atoms with Crippen LogP contribution < -0.4 is 5.32 Å². The molecule has 1 amide bonds. The smallest absolute Gasteiger partial charge is 0.244 e. The molecule has 3 heterocycles. The van der Waals surface area contributed by atoms with Gasteiger partial charge in [-0.25, -0.2) is 4.98 Å². The minimum absolute atomic E-state index is 0.0318. The van der Waals surface area contributed by atoms with Gasteiger partial charge in [0.1, 0.15) is 24.2 Å². The first kappa shape index (κ1) is 16.4. The molecule has 8 heteroatoms. The van der Waals surface area contributed by atoms with Crippen molar-refractivity contribution in [1.82, 2.24) is 24.6 Å². The van der Waals surface area contributed by atoms with Crippen molar-refractivity contribution in [3.8, 4) is 0 Å². The number of hydrogen-bond donors (Lipinski definition) is 1. The number of rotatable bonds is 4. The molecular weight excluding hydrogens is 308 g/mol. The number of hydrogen-bond acceptors (Lipinski definition) is 6. The molecule has 8 nitrogen and oxygen atoms in total. The first-order valence-corrected chi connectivity index (χ1v) is 7.97. The Morgan fingerprint density at radius 3 is 2.88 bits per heavy atom. The quantitative estimate of drug-likeness (QED) is 0.898. The molecule has 0 aliphatic carbocycles. The highest BCUT2D eigenvalue weighted by atomic mass is 16.5. The second kappa shape index (κ2) is 6.96. The van der Waals surface area contributed by atoms with Crippen LogP contribution in [-0.4, -0.2) is 57.3 Å². The highest BCUT2D eigenvalue weighted by molar-refractivity contribution is 5.76. The summed E-state index contributed by atoms with van der Waals surface area (Å²) in [5, 5.41) is 7.37. The van der Waals surface area contributed by atoms with Crippen LogP contribution >= 0.6 is 0 Å². The topological polar surface area (TPSA) is 85.2 Å². The van der Waals surface area contributed by atoms with Crippen LogP contribution in [0.25, 0.3) is 0 Å². The Morgan fingerprint density at radius 2 is 2.17 bits per heavy atom. The molecule has 0 aromatic carbocycles. The first-order valence-electron chi connectivity index (χ1n) is 7.97. The zero-order chi connectivity index (χ0) is 17.1. The molecule has 3 rings (SSSR count). The third kappa shape index (κ3) is 3.38. The van der Waals surface area contributed by atoms with Gasteiger partial charge in [-0.2, -0.15) is 5.10 Å². The summed E-state index contributed by atoms with van der Waals surface area (Å²) in [5.41, 5.74) is 2.62. The third-order valence-electron chi connectivity index (χ3n) is 4.08. The molecule has 1 atom stereocenters. The second-order valence-electron chi connectivity index (χ2n) is 5.82. The Labute approximate surface area is 140 Å². The fourth-order valence-electron chi connectivity index (χ4n) is 2.88. The van der Waals surface area contributed by atoms with Gasteiger partial charge in [0.2, 0.25) is 5.91 Å². The van der Waals surface area contributed by atoms with E-state index in [-0.39, 0.29) is 18.6 Å². The zero-order valence-corrected chi connectivity index (χ0v) is 14.2. The van der Waals surface area contributed by atoms with Gasteiger partial charge in [-0.15, -0.1) is 0 Å². The van der Waals surface area contributed by atoms with Crippen LogP contribution in [-0.2, 0) is 16.1 Å². The Morgan fingerprint density at radius 1 is 1.38 bits per heavy atom. The van der Waals surface area contributed by atoms with Crippen LogP contribution in [0.1, 0.15) is 23.2 Å². The van der Waals surface area contributed by atoms with Crippen molar-refractivity contribution in [1.29, 1.82) is 0 Å². The van der Waals surface area contributed by atoms with Crippen molar-refractivity contribution in [3.05, 3.63) is 35.5 Å². The number of amides is 1. The Bertz CT molecular complexity index is 729. The van der Waals surface area contributed by atoms with Gasteiger partial charge in [-0.05, 0) is 19.9 Å². The first-order chi connectivity index (χ1) is 11.6. The van der Waals surface area contributed by atoms with Gasteiger partial charge in [0.25, 0.3) is 0 Å². The van der Waals surface area contributed by atoms with Crippen LogP contribution in [0.3, 0.4) is 0 Å². The number of nitrogens with zero attached hydrogens (tertiary/aromatic N) is 5. The summed E-state index contributed by atoms with van der Waals surface area (Å²) in [6, 6.07) is 1.97. The van der Waals surface area contributed by atoms with Crippen LogP contribution in [0.2, 0.25) is 0 Å². The van der Waals surface area contributed by atoms with Crippen molar-refractivity contribution in [2.45, 2.75) is 26.5 Å². The van der Waals surface area contributed by atoms with Crippen LogP contribution in [0, 0.1) is 13.8 Å². The summed E-state index contributed by atoms with van der Waals surface area (Å²) in [5.74, 6) is 0.708. The molecule has 0 bridgehead atoms. The number of anilines is 1. The average molecular weight is 330 g/mol. The van der Waals surface area contributed by atoms with Crippen molar-refractivity contribution in [2.75, 3.05) is 32.1 Å². The molecule has 2 aromatic heterocycles. The summed E-state index contributed by atoms with van der Waals surface area (Å²) in [6.07, 6.45) is 2.99. The number of ether oxygens (including phenoxy) is 1. The molecule has 24 heavy (non-hydrogen) atoms. The molecule has 1 saturated heterocycles. The maximum atomic E-state index is 12.6. The van der Waals surface area contributed by atoms with E-state index in [2.05, 4.69) is 20.4 Å². The van der Waals surface area contributed by atoms with Crippen LogP contribution in [0.15, 0.2) is 18.5 Å². The van der Waals surface area contributed by atoms with Gasteiger partial charge in [0, 0.05) is 31.7 Å². The van der Waals surface area contributed by atoms with Crippen LogP contribution in [0.4, 0.5) is 5.82 Å². The highest BCUT2D eigenvalue weighted by Gasteiger charge is 2.28. The van der Waals surface area contributed by atoms with E-state index in [0.29, 0.717) is 25.5 Å². The lowest BCUT2D eigenvalue weighted by molar-refractivity contribution is -0.140. The van der Waals surface area contributed by atoms with Crippen molar-refractivity contribution < 1.29 is 9.53 Å². The molecular formula is C16H22N6O2. The Kier molecular flexibility index (Phi) is 4.75. The summed E-state index contributed by atoms with van der Waals surface area (Å²) in [6.45, 7) is 5.63. The molecule has 0 spiro atoms. The fourth-order valence-corrected chi connectivity index (χ4v) is 2.88. The molecule has 1 unspecified atom stereocenters. The van der Waals surface area contributed by atoms with E-state index >= 15 is 0 Å². The van der Waals surface area contributed by atoms with Gasteiger partial charge < -0.3 is 15.0 Å². The van der Waals surface area contributed by atoms with Gasteiger partial charge in [-0.3, -0.25) is 14.5 Å². The monoisotopic (exact) mass is 330 g/mol. The lowest BCUT2D eigenvalue weighted by Gasteiger charge is -2.33. The number of carbonyl (C=O) groups is 1. The highest BCUT2D eigenvalue weighted by Crippen LogP contribution is 2.25. The van der Waals surface area contributed by atoms with E-state index in [0.717, 1.165) is 17.1 Å². The van der Waals surface area contributed by atoms with Gasteiger partial charge >= 0.3 is 0 Å². The largest absolute Gasteiger partial charge is 0.372 e. The molecule has 1 aliphatic rings. The lowest BCUT2D eigenvalue weighted by atomic mass is 10.2. The predicted molar refractivity (Wildman–Crippen MR) is 88.6 cm³/mol. The standard InChI is InChI=1S/C16H22N6O2/c1-11-8-12(2)22(20-11)10-14(23)21-6-7-24-13(9-21)15-16(17-3)19-5-4-18-15/h4-5,8,13H,6-7,9-10H2,1-3H3,(H,17,19). The maximum Gasteiger partial charge on any atom is 0.244 e. The van der Waals surface area contributed by atoms with E-state index in [1.807, 2.05) is 19.9 Å². The Balaban J connectivity index is 1.71. The normalized spacial score (nSPS) is 17.8. The van der Waals surface area contributed by atoms with E-state index in [4.69, 9.17) is 4.74 Å². The van der Waals surface area contributed by atoms with E-state index in [9.17, 15) is 4.79 Å². The predicted octanol–water partition coefficient (Wildman–Crippen LogP) is 0.932. The number of nitrogens with one attached hydrogen (secondary N) is 1. The number of carbonyl (C=O) groups excluding carboxylic acids is 1. The fraction of sp³-hybridized carbons (Fsp3) is 0.500. The average Bonchev–Trinajstić information content (AvgIpc) is 2.92. The second-order valence-corrected chi connectivity index (χ2v) is 5.82. The summed E-state index contributed by atoms with van der Waals surface area (Å²) in [4.78, 5) is 23.0. The molecule has 128 valence electrons. The number of morpholine rings is 1. The number of aromatic nitrogens is 4. The SMILES string of the molecule is CNc1nccnc1C1CN(C(=O)Cn2nc(C)cc2C)CCO1. The van der Waals surface area contributed by atoms with Gasteiger partial charge in [0.15, 0.2) is 0 Å². The summed E-state index contributed by atoms with van der Waals surface area (Å²) < 4.78 is 7.55. The van der Waals surface area contributed by atoms with Crippen molar-refractivity contribution in [2.24, 2.45) is 0 Å². The molecule has 1 aliphatic heterocycles. The molecule has 1 fully saturated rings. The molecule has 1 N–H and O–H groups in total. The molecule has 2 aromatic rings. The van der Waals surface area contributed by atoms with E-state index < -0.39 is 0 Å². The van der Waals surface area contributed by atoms with Crippen molar-refractivity contribution >= 4 is 11.7 Å². The van der Waals surface area contributed by atoms with E-state index in [1.165, 1.54) is 0 Å². The van der Waals surface area contributed by atoms with Crippen molar-refractivity contribution in [3.63, 3.8) is 0 Å². The lowest BCUT2D eigenvalue weighted by Crippen LogP contribution is -2.44. The molecule has 0 radical (unpaired) electrons. The molecule has 0 saturated carbocycles.